The van der Waals surface area contributed by atoms with E-state index in [-0.39, 0.29) is 50.1 Å². The van der Waals surface area contributed by atoms with Crippen LogP contribution >= 0.6 is 0 Å². The zero-order valence-electron chi connectivity index (χ0n) is 47.1. The SMILES string of the molecule is CCn1c(-c2cc(N3CCN(C4CC4)CC3)cnc2[C@H](C)OC)c2c3cc(ccc31)-c1cc3cc(c1)OC[C@@H]1[C@H](CCN1C(=O)OC(C)(C)C)COC(C(C)C)C(=O)N[C@@H](C3)C(=O)N1CCC[C@H](N1)[N+](=O)OCC(C)(C)C2. The Kier molecular flexibility index (Phi) is 15.7. The van der Waals surface area contributed by atoms with Crippen molar-refractivity contribution in [2.75, 3.05) is 71.1 Å². The minimum Gasteiger partial charge on any atom is -0.491 e. The highest BCUT2D eigenvalue weighted by molar-refractivity contribution is 5.96. The summed E-state index contributed by atoms with van der Waals surface area (Å²) in [6.45, 7) is 23.7. The number of rotatable bonds is 7. The van der Waals surface area contributed by atoms with Gasteiger partial charge in [-0.15, -0.1) is 0 Å². The maximum atomic E-state index is 14.9. The van der Waals surface area contributed by atoms with Gasteiger partial charge in [-0.2, -0.15) is 5.43 Å². The molecular formula is C59H82N9O9+. The maximum absolute atomic E-state index is 14.9. The fourth-order valence-electron chi connectivity index (χ4n) is 12.2. The Morgan fingerprint density at radius 1 is 0.948 bits per heavy atom. The van der Waals surface area contributed by atoms with Gasteiger partial charge in [-0.3, -0.25) is 24.5 Å². The lowest BCUT2D eigenvalue weighted by atomic mass is 9.84. The minimum atomic E-state index is -1.05. The van der Waals surface area contributed by atoms with E-state index < -0.39 is 47.4 Å². The number of hydrogen-bond donors (Lipinski definition) is 2. The minimum absolute atomic E-state index is 0.0939. The number of carbonyl (C=O) groups is 3. The van der Waals surface area contributed by atoms with Gasteiger partial charge in [-0.05, 0) is 125 Å². The molecule has 8 bridgehead atoms. The van der Waals surface area contributed by atoms with E-state index >= 15 is 0 Å². The van der Waals surface area contributed by atoms with Gasteiger partial charge in [0.15, 0.2) is 6.61 Å². The van der Waals surface area contributed by atoms with Crippen LogP contribution < -0.4 is 20.4 Å². The fraction of sp³-hybridized carbons (Fsp3) is 0.627. The van der Waals surface area contributed by atoms with Crippen molar-refractivity contribution in [2.24, 2.45) is 17.3 Å². The van der Waals surface area contributed by atoms with Gasteiger partial charge in [0, 0.05) is 99.6 Å². The number of aryl methyl sites for hydroxylation is 1. The number of anilines is 1. The Bertz CT molecular complexity index is 2850. The van der Waals surface area contributed by atoms with Crippen LogP contribution in [0.2, 0.25) is 0 Å². The van der Waals surface area contributed by atoms with E-state index in [4.69, 9.17) is 28.8 Å². The fourth-order valence-corrected chi connectivity index (χ4v) is 12.2. The highest BCUT2D eigenvalue weighted by atomic mass is 16.8. The highest BCUT2D eigenvalue weighted by Crippen LogP contribution is 2.44. The Morgan fingerprint density at radius 2 is 1.73 bits per heavy atom. The molecule has 5 aliphatic heterocycles. The van der Waals surface area contributed by atoms with Gasteiger partial charge in [0.05, 0.1) is 46.9 Å². The lowest BCUT2D eigenvalue weighted by molar-refractivity contribution is -0.835. The van der Waals surface area contributed by atoms with Crippen LogP contribution in [-0.4, -0.2) is 149 Å². The number of benzene rings is 2. The topological polar surface area (TPSA) is 172 Å². The second-order valence-electron chi connectivity index (χ2n) is 24.5. The zero-order valence-corrected chi connectivity index (χ0v) is 47.1. The number of methoxy groups -OCH3 is 1. The first-order valence-corrected chi connectivity index (χ1v) is 28.3. The zero-order chi connectivity index (χ0) is 54.5. The smallest absolute Gasteiger partial charge is 0.410 e. The molecule has 18 nitrogen and oxygen atoms in total. The first-order valence-electron chi connectivity index (χ1n) is 28.3. The highest BCUT2D eigenvalue weighted by Gasteiger charge is 2.43. The Balaban J connectivity index is 1.13. The molecule has 2 aromatic heterocycles. The summed E-state index contributed by atoms with van der Waals surface area (Å²) in [5.41, 5.74) is 10.6. The number of nitrogens with zero attached hydrogens (tertiary/aromatic N) is 7. The van der Waals surface area contributed by atoms with E-state index in [1.807, 2.05) is 59.9 Å². The summed E-state index contributed by atoms with van der Waals surface area (Å²) in [6.07, 6.45) is 4.36. The van der Waals surface area contributed by atoms with E-state index in [0.29, 0.717) is 56.0 Å². The number of amides is 3. The van der Waals surface area contributed by atoms with Crippen LogP contribution in [0.5, 0.6) is 5.75 Å². The van der Waals surface area contributed by atoms with Gasteiger partial charge < -0.3 is 38.6 Å². The predicted molar refractivity (Wildman–Crippen MR) is 294 cm³/mol. The summed E-state index contributed by atoms with van der Waals surface area (Å²) >= 11 is 0. The number of pyridine rings is 1. The van der Waals surface area contributed by atoms with E-state index in [0.717, 1.165) is 88.0 Å². The van der Waals surface area contributed by atoms with E-state index in [1.165, 1.54) is 17.9 Å². The van der Waals surface area contributed by atoms with Crippen molar-refractivity contribution in [2.45, 2.75) is 156 Å². The monoisotopic (exact) mass is 1060 g/mol. The molecule has 0 radical (unpaired) electrons. The van der Waals surface area contributed by atoms with Crippen LogP contribution in [0.1, 0.15) is 117 Å². The average Bonchev–Trinajstić information content (AvgIpc) is 4.16. The molecule has 77 heavy (non-hydrogen) atoms. The molecule has 416 valence electrons. The average molecular weight is 1060 g/mol. The molecule has 3 saturated heterocycles. The molecule has 6 aliphatic rings. The molecule has 18 heteroatoms. The molecule has 0 spiro atoms. The van der Waals surface area contributed by atoms with Gasteiger partial charge >= 0.3 is 12.3 Å². The summed E-state index contributed by atoms with van der Waals surface area (Å²) in [5, 5.41) is 5.62. The van der Waals surface area contributed by atoms with Crippen molar-refractivity contribution in [1.29, 1.82) is 0 Å². The van der Waals surface area contributed by atoms with Crippen LogP contribution in [-0.2, 0) is 48.0 Å². The molecule has 6 atom stereocenters. The predicted octanol–water partition coefficient (Wildman–Crippen LogP) is 8.21. The molecule has 1 saturated carbocycles. The van der Waals surface area contributed by atoms with Gasteiger partial charge in [0.1, 0.15) is 30.1 Å². The number of hydrazine groups is 1. The van der Waals surface area contributed by atoms with Crippen molar-refractivity contribution in [3.05, 3.63) is 70.4 Å². The van der Waals surface area contributed by atoms with Crippen molar-refractivity contribution in [1.82, 2.24) is 35.1 Å². The molecule has 10 rings (SSSR count). The number of aromatic nitrogens is 2. The number of carbonyl (C=O) groups excluding carboxylic acids is 3. The van der Waals surface area contributed by atoms with Crippen molar-refractivity contribution < 1.29 is 43.1 Å². The number of ether oxygens (including phenoxy) is 4. The van der Waals surface area contributed by atoms with Gasteiger partial charge in [0.25, 0.3) is 5.91 Å². The van der Waals surface area contributed by atoms with Gasteiger partial charge in [0.2, 0.25) is 10.8 Å². The first-order chi connectivity index (χ1) is 36.8. The molecule has 7 heterocycles. The number of likely N-dealkylation sites (tertiary alicyclic amines) is 1. The van der Waals surface area contributed by atoms with Crippen LogP contribution in [0.3, 0.4) is 0 Å². The quantitative estimate of drug-likeness (QED) is 0.182. The third kappa shape index (κ3) is 11.8. The number of nitrogens with one attached hydrogen (secondary N) is 2. The largest absolute Gasteiger partial charge is 0.491 e. The Labute approximate surface area is 453 Å². The van der Waals surface area contributed by atoms with Gasteiger partial charge in [-0.25, -0.2) is 9.63 Å². The lowest BCUT2D eigenvalue weighted by Crippen LogP contribution is -2.61. The summed E-state index contributed by atoms with van der Waals surface area (Å²) < 4.78 is 27.7. The van der Waals surface area contributed by atoms with E-state index in [1.54, 1.807) is 12.0 Å². The van der Waals surface area contributed by atoms with Crippen molar-refractivity contribution in [3.8, 4) is 28.1 Å². The summed E-state index contributed by atoms with van der Waals surface area (Å²) in [5.74, 6) is -0.663. The third-order valence-electron chi connectivity index (χ3n) is 16.5. The van der Waals surface area contributed by atoms with Crippen LogP contribution in [0.4, 0.5) is 10.5 Å². The first kappa shape index (κ1) is 54.5. The second kappa shape index (κ2) is 22.1. The molecule has 4 aromatic rings. The van der Waals surface area contributed by atoms with Crippen LogP contribution in [0.25, 0.3) is 33.3 Å². The normalized spacial score (nSPS) is 25.3. The van der Waals surface area contributed by atoms with Crippen molar-refractivity contribution >= 4 is 34.5 Å². The molecule has 2 aromatic carbocycles. The van der Waals surface area contributed by atoms with Crippen LogP contribution in [0, 0.1) is 22.2 Å². The molecule has 1 unspecified atom stereocenters. The summed E-state index contributed by atoms with van der Waals surface area (Å²) in [4.78, 5) is 76.3. The Hall–Kier alpha value is -5.82. The Morgan fingerprint density at radius 3 is 2.44 bits per heavy atom. The summed E-state index contributed by atoms with van der Waals surface area (Å²) in [7, 11) is 1.73. The van der Waals surface area contributed by atoms with E-state index in [9.17, 15) is 19.3 Å². The molecule has 1 aliphatic carbocycles. The van der Waals surface area contributed by atoms with E-state index in [2.05, 4.69) is 76.2 Å². The molecule has 2 N–H and O–H groups in total. The molecular weight excluding hydrogens is 979 g/mol. The van der Waals surface area contributed by atoms with Crippen molar-refractivity contribution in [3.63, 3.8) is 0 Å². The maximum Gasteiger partial charge on any atom is 0.410 e. The standard InChI is InChI=1S/C59H81N9O9/c1-11-65-49-17-14-39-29-45(49)47(53(65)46-30-43(32-60-52(46)37(4)73-10)64-23-21-63(22-24-64)42-15-16-42)31-59(8,9)35-76-68(72)51-13-12-19-67(62-51)56(70)48-27-38-25-41(39)28-44(26-38)74-34-50-40(33-75-54(36(2)3)55(69)61-48)18-20-66(50)57(71)77-58(5,6)7/h14,17,25-26,28-30,32,36-37,40,42,48,50-51,54,62H,11-13,15-16,18-24,27,31,33-35H2,1-10H3/p+1/t37-,40+,48-,50+,51+,54?/m0/s1. The summed E-state index contributed by atoms with van der Waals surface area (Å²) in [6, 6.07) is 14.2. The molecule has 4 fully saturated rings. The lowest BCUT2D eigenvalue weighted by Gasteiger charge is -2.36. The second-order valence-corrected chi connectivity index (χ2v) is 24.5. The molecule has 3 amide bonds. The van der Waals surface area contributed by atoms with Gasteiger partial charge in [-0.1, -0.05) is 39.8 Å². The third-order valence-corrected chi connectivity index (χ3v) is 16.5. The van der Waals surface area contributed by atoms with Crippen LogP contribution in [0.15, 0.2) is 48.7 Å². The number of hydrogen-bond acceptors (Lipinski definition) is 13. The number of fused-ring (bicyclic) bond motifs is 8. The number of piperazine rings is 1.